The van der Waals surface area contributed by atoms with E-state index < -0.39 is 0 Å². The second-order valence-corrected chi connectivity index (χ2v) is 8.87. The van der Waals surface area contributed by atoms with Gasteiger partial charge in [-0.2, -0.15) is 0 Å². The quantitative estimate of drug-likeness (QED) is 0.335. The third kappa shape index (κ3) is 4.19. The Morgan fingerprint density at radius 2 is 2.03 bits per heavy atom. The van der Waals surface area contributed by atoms with Gasteiger partial charge in [-0.05, 0) is 73.9 Å². The Bertz CT molecular complexity index is 1030. The van der Waals surface area contributed by atoms with Crippen LogP contribution in [0.1, 0.15) is 48.9 Å². The number of nitrogens with zero attached hydrogens (tertiary/aromatic N) is 1. The molecule has 0 saturated carbocycles. The van der Waals surface area contributed by atoms with Crippen LogP contribution in [0.25, 0.3) is 10.9 Å². The molecule has 1 aliphatic rings. The standard InChI is InChI=1S/C24H26ClNO2S/c1-3-28-23(27)13-17-5-4-6-20-21-14-19(29-2)11-12-22(21)26(24(17)20)15-16-7-9-18(25)10-8-16/h7-12,14,17H,3-6,13,15H2,1-2H3. The summed E-state index contributed by atoms with van der Waals surface area (Å²) in [5.74, 6) is 0.105. The van der Waals surface area contributed by atoms with E-state index in [0.29, 0.717) is 13.0 Å². The first-order chi connectivity index (χ1) is 14.1. The van der Waals surface area contributed by atoms with Gasteiger partial charge in [0, 0.05) is 39.0 Å². The van der Waals surface area contributed by atoms with Crippen molar-refractivity contribution in [3.8, 4) is 0 Å². The number of hydrogen-bond acceptors (Lipinski definition) is 3. The molecule has 1 aromatic heterocycles. The molecule has 29 heavy (non-hydrogen) atoms. The van der Waals surface area contributed by atoms with Crippen LogP contribution in [0, 0.1) is 0 Å². The smallest absolute Gasteiger partial charge is 0.306 e. The first kappa shape index (κ1) is 20.4. The summed E-state index contributed by atoms with van der Waals surface area (Å²) in [7, 11) is 0. The second kappa shape index (κ2) is 8.85. The number of rotatable bonds is 6. The number of ether oxygens (including phenoxy) is 1. The third-order valence-electron chi connectivity index (χ3n) is 5.76. The van der Waals surface area contributed by atoms with Crippen LogP contribution in [0.4, 0.5) is 0 Å². The fourth-order valence-corrected chi connectivity index (χ4v) is 5.07. The van der Waals surface area contributed by atoms with Crippen molar-refractivity contribution < 1.29 is 9.53 Å². The summed E-state index contributed by atoms with van der Waals surface area (Å²) in [5, 5.41) is 2.08. The van der Waals surface area contributed by atoms with Crippen molar-refractivity contribution in [1.29, 1.82) is 0 Å². The topological polar surface area (TPSA) is 31.2 Å². The summed E-state index contributed by atoms with van der Waals surface area (Å²) in [6, 6.07) is 14.8. The van der Waals surface area contributed by atoms with Crippen molar-refractivity contribution in [2.45, 2.75) is 50.0 Å². The molecule has 0 fully saturated rings. The fourth-order valence-electron chi connectivity index (χ4n) is 4.50. The van der Waals surface area contributed by atoms with Crippen molar-refractivity contribution in [2.24, 2.45) is 0 Å². The Morgan fingerprint density at radius 1 is 1.24 bits per heavy atom. The van der Waals surface area contributed by atoms with Crippen molar-refractivity contribution in [3.05, 3.63) is 64.3 Å². The predicted octanol–water partition coefficient (Wildman–Crippen LogP) is 6.44. The van der Waals surface area contributed by atoms with Crippen molar-refractivity contribution >= 4 is 40.2 Å². The highest BCUT2D eigenvalue weighted by Crippen LogP contribution is 2.41. The fraction of sp³-hybridized carbons (Fsp3) is 0.375. The highest BCUT2D eigenvalue weighted by atomic mass is 35.5. The number of carbonyl (C=O) groups is 1. The van der Waals surface area contributed by atoms with E-state index in [1.807, 2.05) is 19.1 Å². The van der Waals surface area contributed by atoms with Gasteiger partial charge in [-0.15, -0.1) is 11.8 Å². The third-order valence-corrected chi connectivity index (χ3v) is 6.74. The van der Waals surface area contributed by atoms with Gasteiger partial charge in [-0.3, -0.25) is 4.79 Å². The number of esters is 1. The monoisotopic (exact) mass is 427 g/mol. The van der Waals surface area contributed by atoms with Crippen molar-refractivity contribution in [3.63, 3.8) is 0 Å². The molecule has 1 aliphatic carbocycles. The Kier molecular flexibility index (Phi) is 6.21. The molecule has 0 saturated heterocycles. The number of hydrogen-bond donors (Lipinski definition) is 0. The van der Waals surface area contributed by atoms with Gasteiger partial charge in [0.05, 0.1) is 13.0 Å². The van der Waals surface area contributed by atoms with E-state index in [4.69, 9.17) is 16.3 Å². The molecule has 5 heteroatoms. The van der Waals surface area contributed by atoms with E-state index in [9.17, 15) is 4.79 Å². The number of benzene rings is 2. The molecular weight excluding hydrogens is 402 g/mol. The van der Waals surface area contributed by atoms with E-state index in [2.05, 4.69) is 41.2 Å². The van der Waals surface area contributed by atoms with Crippen LogP contribution in [0.3, 0.4) is 0 Å². The molecule has 0 radical (unpaired) electrons. The van der Waals surface area contributed by atoms with Gasteiger partial charge in [0.15, 0.2) is 0 Å². The summed E-state index contributed by atoms with van der Waals surface area (Å²) in [5.41, 5.74) is 5.18. The zero-order chi connectivity index (χ0) is 20.4. The molecule has 4 rings (SSSR count). The minimum absolute atomic E-state index is 0.0987. The number of fused-ring (bicyclic) bond motifs is 3. The number of thioether (sulfide) groups is 1. The first-order valence-electron chi connectivity index (χ1n) is 10.2. The van der Waals surface area contributed by atoms with Crippen molar-refractivity contribution in [2.75, 3.05) is 12.9 Å². The van der Waals surface area contributed by atoms with Crippen LogP contribution < -0.4 is 0 Å². The average molecular weight is 428 g/mol. The summed E-state index contributed by atoms with van der Waals surface area (Å²) in [6.07, 6.45) is 5.77. The van der Waals surface area contributed by atoms with Gasteiger partial charge in [0.1, 0.15) is 0 Å². The van der Waals surface area contributed by atoms with Crippen LogP contribution in [0.15, 0.2) is 47.4 Å². The molecule has 0 N–H and O–H groups in total. The highest BCUT2D eigenvalue weighted by Gasteiger charge is 2.29. The molecule has 0 amide bonds. The zero-order valence-corrected chi connectivity index (χ0v) is 18.5. The van der Waals surface area contributed by atoms with E-state index in [0.717, 1.165) is 30.8 Å². The minimum Gasteiger partial charge on any atom is -0.466 e. The van der Waals surface area contributed by atoms with Gasteiger partial charge >= 0.3 is 5.97 Å². The predicted molar refractivity (Wildman–Crippen MR) is 121 cm³/mol. The molecule has 0 spiro atoms. The summed E-state index contributed by atoms with van der Waals surface area (Å²) in [6.45, 7) is 3.08. The summed E-state index contributed by atoms with van der Waals surface area (Å²) < 4.78 is 7.69. The molecule has 2 aromatic carbocycles. The van der Waals surface area contributed by atoms with Gasteiger partial charge in [-0.25, -0.2) is 0 Å². The molecule has 152 valence electrons. The van der Waals surface area contributed by atoms with Crippen LogP contribution in [-0.4, -0.2) is 23.4 Å². The molecule has 1 heterocycles. The lowest BCUT2D eigenvalue weighted by Gasteiger charge is -2.25. The maximum atomic E-state index is 12.3. The lowest BCUT2D eigenvalue weighted by Crippen LogP contribution is -2.19. The normalized spacial score (nSPS) is 16.0. The van der Waals surface area contributed by atoms with Crippen LogP contribution in [0.5, 0.6) is 0 Å². The van der Waals surface area contributed by atoms with E-state index >= 15 is 0 Å². The number of carbonyl (C=O) groups excluding carboxylic acids is 1. The number of aromatic nitrogens is 1. The van der Waals surface area contributed by atoms with Gasteiger partial charge in [-0.1, -0.05) is 23.7 Å². The van der Waals surface area contributed by atoms with Crippen LogP contribution in [0.2, 0.25) is 5.02 Å². The lowest BCUT2D eigenvalue weighted by atomic mass is 9.84. The summed E-state index contributed by atoms with van der Waals surface area (Å²) >= 11 is 7.86. The molecule has 0 aliphatic heterocycles. The van der Waals surface area contributed by atoms with Crippen molar-refractivity contribution in [1.82, 2.24) is 4.57 Å². The Labute approximate surface area is 181 Å². The Hall–Kier alpha value is -1.91. The molecule has 1 unspecified atom stereocenters. The first-order valence-corrected chi connectivity index (χ1v) is 11.8. The highest BCUT2D eigenvalue weighted by molar-refractivity contribution is 7.98. The van der Waals surface area contributed by atoms with Crippen LogP contribution >= 0.6 is 23.4 Å². The molecule has 3 nitrogen and oxygen atoms in total. The van der Waals surface area contributed by atoms with E-state index in [-0.39, 0.29) is 11.9 Å². The second-order valence-electron chi connectivity index (χ2n) is 7.56. The SMILES string of the molecule is CCOC(=O)CC1CCCc2c1n(Cc1ccc(Cl)cc1)c1ccc(SC)cc21. The molecule has 0 bridgehead atoms. The average Bonchev–Trinajstić information content (AvgIpc) is 3.04. The van der Waals surface area contributed by atoms with E-state index in [1.54, 1.807) is 11.8 Å². The molecule has 3 aromatic rings. The Balaban J connectivity index is 1.83. The number of aryl methyl sites for hydroxylation is 1. The summed E-state index contributed by atoms with van der Waals surface area (Å²) in [4.78, 5) is 13.6. The maximum absolute atomic E-state index is 12.3. The van der Waals surface area contributed by atoms with Crippen LogP contribution in [-0.2, 0) is 22.5 Å². The van der Waals surface area contributed by atoms with E-state index in [1.165, 1.54) is 32.6 Å². The largest absolute Gasteiger partial charge is 0.466 e. The van der Waals surface area contributed by atoms with Gasteiger partial charge < -0.3 is 9.30 Å². The molecule has 1 atom stereocenters. The van der Waals surface area contributed by atoms with Gasteiger partial charge in [0.25, 0.3) is 0 Å². The molecular formula is C24H26ClNO2S. The lowest BCUT2D eigenvalue weighted by molar-refractivity contribution is -0.143. The zero-order valence-electron chi connectivity index (χ0n) is 16.9. The van der Waals surface area contributed by atoms with Gasteiger partial charge in [0.2, 0.25) is 0 Å². The maximum Gasteiger partial charge on any atom is 0.306 e. The minimum atomic E-state index is -0.0987. The Morgan fingerprint density at radius 3 is 2.76 bits per heavy atom. The number of halogens is 1.